The summed E-state index contributed by atoms with van der Waals surface area (Å²) in [4.78, 5) is 16.7. The van der Waals surface area contributed by atoms with Crippen molar-refractivity contribution in [1.82, 2.24) is 10.2 Å². The minimum absolute atomic E-state index is 0.00499. The number of rotatable bonds is 2. The van der Waals surface area contributed by atoms with Gasteiger partial charge in [-0.1, -0.05) is 6.07 Å². The van der Waals surface area contributed by atoms with Gasteiger partial charge in [0, 0.05) is 49.9 Å². The van der Waals surface area contributed by atoms with Gasteiger partial charge < -0.3 is 24.6 Å². The van der Waals surface area contributed by atoms with Gasteiger partial charge in [-0.3, -0.25) is 0 Å². The number of hydrogen-bond acceptors (Lipinski definition) is 4. The number of furan rings is 1. The molecule has 1 aliphatic carbocycles. The van der Waals surface area contributed by atoms with Gasteiger partial charge in [0.1, 0.15) is 11.5 Å². The summed E-state index contributed by atoms with van der Waals surface area (Å²) < 4.78 is 5.49. The zero-order valence-electron chi connectivity index (χ0n) is 14.1. The van der Waals surface area contributed by atoms with Gasteiger partial charge in [0.2, 0.25) is 0 Å². The highest BCUT2D eigenvalue weighted by Gasteiger charge is 2.27. The molecule has 1 aromatic heterocycles. The zero-order valence-corrected chi connectivity index (χ0v) is 14.1. The Balaban J connectivity index is 1.35. The number of aromatic hydroxyl groups is 1. The average molecular weight is 341 g/mol. The molecule has 2 heterocycles. The van der Waals surface area contributed by atoms with Crippen molar-refractivity contribution in [3.05, 3.63) is 47.9 Å². The van der Waals surface area contributed by atoms with Crippen molar-refractivity contribution in [1.29, 1.82) is 0 Å². The van der Waals surface area contributed by atoms with E-state index in [0.717, 1.165) is 49.4 Å². The number of nitrogens with zero attached hydrogens (tertiary/aromatic N) is 2. The van der Waals surface area contributed by atoms with Crippen LogP contribution in [-0.2, 0) is 6.42 Å². The van der Waals surface area contributed by atoms with Gasteiger partial charge in [0.05, 0.1) is 12.3 Å². The fourth-order valence-corrected chi connectivity index (χ4v) is 3.73. The maximum Gasteiger partial charge on any atom is 0.318 e. The van der Waals surface area contributed by atoms with Crippen LogP contribution in [0.4, 0.5) is 10.5 Å². The highest BCUT2D eigenvalue weighted by Crippen LogP contribution is 2.30. The van der Waals surface area contributed by atoms with Crippen LogP contribution in [0.1, 0.15) is 30.2 Å². The van der Waals surface area contributed by atoms with Crippen molar-refractivity contribution in [3.63, 3.8) is 0 Å². The SMILES string of the molecule is O=C(N[C@H]1CCCc2occc21)N1CCN(c2cccc(O)c2)CC1. The van der Waals surface area contributed by atoms with E-state index < -0.39 is 0 Å². The Labute approximate surface area is 147 Å². The monoisotopic (exact) mass is 341 g/mol. The number of anilines is 1. The third kappa shape index (κ3) is 3.29. The predicted molar refractivity (Wildman–Crippen MR) is 94.8 cm³/mol. The molecular formula is C19H23N3O3. The highest BCUT2D eigenvalue weighted by atomic mass is 16.3. The lowest BCUT2D eigenvalue weighted by molar-refractivity contribution is 0.188. The quantitative estimate of drug-likeness (QED) is 0.881. The summed E-state index contributed by atoms with van der Waals surface area (Å²) in [6.07, 6.45) is 4.67. The highest BCUT2D eigenvalue weighted by molar-refractivity contribution is 5.75. The first-order valence-electron chi connectivity index (χ1n) is 8.86. The van der Waals surface area contributed by atoms with E-state index >= 15 is 0 Å². The molecule has 0 radical (unpaired) electrons. The number of benzene rings is 1. The van der Waals surface area contributed by atoms with Gasteiger partial charge in [0.15, 0.2) is 0 Å². The molecule has 2 aromatic rings. The summed E-state index contributed by atoms with van der Waals surface area (Å²) >= 11 is 0. The Morgan fingerprint density at radius 3 is 2.84 bits per heavy atom. The molecule has 0 spiro atoms. The molecule has 2 amide bonds. The third-order valence-electron chi connectivity index (χ3n) is 5.11. The summed E-state index contributed by atoms with van der Waals surface area (Å²) in [6.45, 7) is 2.87. The molecule has 132 valence electrons. The topological polar surface area (TPSA) is 69.0 Å². The molecule has 0 unspecified atom stereocenters. The molecule has 0 bridgehead atoms. The molecule has 1 atom stereocenters. The number of piperazine rings is 1. The average Bonchev–Trinajstić information content (AvgIpc) is 3.12. The normalized spacial score (nSPS) is 20.2. The Kier molecular flexibility index (Phi) is 4.26. The van der Waals surface area contributed by atoms with Crippen LogP contribution in [0.25, 0.3) is 0 Å². The molecule has 0 saturated carbocycles. The van der Waals surface area contributed by atoms with Gasteiger partial charge in [-0.25, -0.2) is 4.79 Å². The summed E-state index contributed by atoms with van der Waals surface area (Å²) in [7, 11) is 0. The van der Waals surface area contributed by atoms with E-state index in [0.29, 0.717) is 13.1 Å². The van der Waals surface area contributed by atoms with Crippen LogP contribution < -0.4 is 10.2 Å². The number of nitrogens with one attached hydrogen (secondary N) is 1. The minimum Gasteiger partial charge on any atom is -0.508 e. The first-order chi connectivity index (χ1) is 12.2. The first-order valence-corrected chi connectivity index (χ1v) is 8.86. The molecule has 1 aliphatic heterocycles. The number of hydrogen-bond donors (Lipinski definition) is 2. The van der Waals surface area contributed by atoms with Crippen LogP contribution >= 0.6 is 0 Å². The van der Waals surface area contributed by atoms with Crippen molar-refractivity contribution in [2.24, 2.45) is 0 Å². The molecule has 2 N–H and O–H groups in total. The second kappa shape index (κ2) is 6.70. The van der Waals surface area contributed by atoms with Crippen LogP contribution in [0.15, 0.2) is 41.0 Å². The zero-order chi connectivity index (χ0) is 17.2. The van der Waals surface area contributed by atoms with E-state index in [1.165, 1.54) is 0 Å². The fourth-order valence-electron chi connectivity index (χ4n) is 3.73. The van der Waals surface area contributed by atoms with Crippen LogP contribution in [0.3, 0.4) is 0 Å². The molecule has 25 heavy (non-hydrogen) atoms. The number of amides is 2. The van der Waals surface area contributed by atoms with E-state index in [1.54, 1.807) is 18.4 Å². The van der Waals surface area contributed by atoms with Crippen molar-refractivity contribution in [2.75, 3.05) is 31.1 Å². The second-order valence-electron chi connectivity index (χ2n) is 6.69. The van der Waals surface area contributed by atoms with E-state index in [9.17, 15) is 9.90 Å². The van der Waals surface area contributed by atoms with Crippen molar-refractivity contribution < 1.29 is 14.3 Å². The fraction of sp³-hybridized carbons (Fsp3) is 0.421. The van der Waals surface area contributed by atoms with Gasteiger partial charge in [-0.05, 0) is 31.0 Å². The number of phenols is 1. The van der Waals surface area contributed by atoms with Crippen molar-refractivity contribution in [2.45, 2.75) is 25.3 Å². The standard InChI is InChI=1S/C19H23N3O3/c23-15-4-1-3-14(13-15)21-8-10-22(11-9-21)19(24)20-17-5-2-6-18-16(17)7-12-25-18/h1,3-4,7,12-13,17,23H,2,5-6,8-11H2,(H,20,24)/t17-/m0/s1. The summed E-state index contributed by atoms with van der Waals surface area (Å²) in [5.74, 6) is 1.27. The summed E-state index contributed by atoms with van der Waals surface area (Å²) in [5, 5.41) is 12.8. The second-order valence-corrected chi connectivity index (χ2v) is 6.69. The van der Waals surface area contributed by atoms with E-state index in [-0.39, 0.29) is 17.8 Å². The summed E-state index contributed by atoms with van der Waals surface area (Å²) in [5.41, 5.74) is 2.12. The Bertz CT molecular complexity index is 750. The lowest BCUT2D eigenvalue weighted by Gasteiger charge is -2.37. The number of fused-ring (bicyclic) bond motifs is 1. The largest absolute Gasteiger partial charge is 0.508 e. The van der Waals surface area contributed by atoms with Crippen LogP contribution in [-0.4, -0.2) is 42.2 Å². The Morgan fingerprint density at radius 1 is 1.20 bits per heavy atom. The molecule has 1 saturated heterocycles. The predicted octanol–water partition coefficient (Wildman–Crippen LogP) is 2.89. The maximum absolute atomic E-state index is 12.6. The lowest BCUT2D eigenvalue weighted by Crippen LogP contribution is -2.52. The van der Waals surface area contributed by atoms with Gasteiger partial charge in [-0.2, -0.15) is 0 Å². The van der Waals surface area contributed by atoms with Gasteiger partial charge in [0.25, 0.3) is 0 Å². The van der Waals surface area contributed by atoms with E-state index in [4.69, 9.17) is 4.42 Å². The van der Waals surface area contributed by atoms with Crippen LogP contribution in [0.2, 0.25) is 0 Å². The first kappa shape index (κ1) is 15.9. The minimum atomic E-state index is -0.00499. The van der Waals surface area contributed by atoms with E-state index in [1.807, 2.05) is 23.1 Å². The number of phenolic OH excluding ortho intramolecular Hbond substituents is 1. The maximum atomic E-state index is 12.6. The molecule has 4 rings (SSSR count). The molecule has 2 aliphatic rings. The Hall–Kier alpha value is -2.63. The van der Waals surface area contributed by atoms with Crippen LogP contribution in [0.5, 0.6) is 5.75 Å². The molecule has 6 heteroatoms. The Morgan fingerprint density at radius 2 is 2.04 bits per heavy atom. The van der Waals surface area contributed by atoms with Crippen LogP contribution in [0, 0.1) is 0 Å². The van der Waals surface area contributed by atoms with Gasteiger partial charge >= 0.3 is 6.03 Å². The molecule has 1 aromatic carbocycles. The van der Waals surface area contributed by atoms with Gasteiger partial charge in [-0.15, -0.1) is 0 Å². The molecule has 6 nitrogen and oxygen atoms in total. The molecule has 1 fully saturated rings. The smallest absolute Gasteiger partial charge is 0.318 e. The molecular weight excluding hydrogens is 318 g/mol. The van der Waals surface area contributed by atoms with Crippen molar-refractivity contribution >= 4 is 11.7 Å². The summed E-state index contributed by atoms with van der Waals surface area (Å²) in [6, 6.07) is 9.28. The number of aryl methyl sites for hydroxylation is 1. The third-order valence-corrected chi connectivity index (χ3v) is 5.11. The number of urea groups is 1. The van der Waals surface area contributed by atoms with E-state index in [2.05, 4.69) is 10.2 Å². The number of carbonyl (C=O) groups is 1. The number of carbonyl (C=O) groups excluding carboxylic acids is 1. The lowest BCUT2D eigenvalue weighted by atomic mass is 9.93. The van der Waals surface area contributed by atoms with Crippen molar-refractivity contribution in [3.8, 4) is 5.75 Å².